The molecule has 38 heavy (non-hydrogen) atoms. The number of nitrogens with one attached hydrogen (secondary N) is 2. The van der Waals surface area contributed by atoms with Crippen LogP contribution in [0.2, 0.25) is 0 Å². The topological polar surface area (TPSA) is 254 Å². The highest BCUT2D eigenvalue weighted by Crippen LogP contribution is 2.34. The van der Waals surface area contributed by atoms with Crippen molar-refractivity contribution in [1.29, 1.82) is 0 Å². The Kier molecular flexibility index (Phi) is 7.69. The van der Waals surface area contributed by atoms with Gasteiger partial charge in [0.25, 0.3) is 11.8 Å². The molecule has 0 saturated carbocycles. The molecule has 14 heteroatoms. The number of carbonyl (C=O) groups is 4. The van der Waals surface area contributed by atoms with E-state index in [1.165, 1.54) is 32.9 Å². The predicted octanol–water partition coefficient (Wildman–Crippen LogP) is -1.58. The fraction of sp³-hybridized carbons (Fsp3) is 0.333. The fourth-order valence-corrected chi connectivity index (χ4v) is 3.90. The average molecular weight is 529 g/mol. The first-order valence-corrected chi connectivity index (χ1v) is 11.4. The van der Waals surface area contributed by atoms with Crippen LogP contribution in [0.5, 0.6) is 0 Å². The van der Waals surface area contributed by atoms with Gasteiger partial charge in [-0.2, -0.15) is 0 Å². The number of nitrogens with two attached hydrogens (primary N) is 3. The molecule has 3 rings (SSSR count). The lowest BCUT2D eigenvalue weighted by Gasteiger charge is -2.21. The molecule has 0 spiro atoms. The zero-order valence-electron chi connectivity index (χ0n) is 21.0. The zero-order chi connectivity index (χ0) is 28.6. The van der Waals surface area contributed by atoms with Gasteiger partial charge >= 0.3 is 0 Å². The second-order valence-electron chi connectivity index (χ2n) is 8.93. The third-order valence-corrected chi connectivity index (χ3v) is 6.03. The van der Waals surface area contributed by atoms with Crippen molar-refractivity contribution in [2.75, 3.05) is 5.73 Å². The van der Waals surface area contributed by atoms with Gasteiger partial charge < -0.3 is 42.5 Å². The van der Waals surface area contributed by atoms with Crippen molar-refractivity contribution in [3.8, 4) is 11.5 Å². The lowest BCUT2D eigenvalue weighted by atomic mass is 9.99. The number of hydrogen-bond donors (Lipinski definition) is 7. The summed E-state index contributed by atoms with van der Waals surface area (Å²) in [5.41, 5.74) is 15.1. The summed E-state index contributed by atoms with van der Waals surface area (Å²) in [4.78, 5) is 67.0. The summed E-state index contributed by atoms with van der Waals surface area (Å²) in [6, 6.07) is -0.00477. The number of aryl methyl sites for hydroxylation is 1. The number of aliphatic hydroxyl groups is 2. The largest absolute Gasteiger partial charge is 0.452 e. The summed E-state index contributed by atoms with van der Waals surface area (Å²) in [7, 11) is 0. The molecule has 4 atom stereocenters. The zero-order valence-corrected chi connectivity index (χ0v) is 21.0. The second kappa shape index (κ2) is 10.4. The first-order chi connectivity index (χ1) is 17.7. The molecule has 0 radical (unpaired) electrons. The van der Waals surface area contributed by atoms with Gasteiger partial charge in [0.2, 0.25) is 17.2 Å². The van der Waals surface area contributed by atoms with Gasteiger partial charge in [-0.1, -0.05) is 6.07 Å². The molecule has 0 bridgehead atoms. The van der Waals surface area contributed by atoms with E-state index in [2.05, 4.69) is 15.6 Å². The number of anilines is 1. The summed E-state index contributed by atoms with van der Waals surface area (Å²) in [5.74, 6) is -3.99. The summed E-state index contributed by atoms with van der Waals surface area (Å²) < 4.78 is 5.96. The Balaban J connectivity index is 2.31. The van der Waals surface area contributed by atoms with E-state index in [-0.39, 0.29) is 33.7 Å². The minimum Gasteiger partial charge on any atom is -0.452 e. The number of hydrogen-bond acceptors (Lipinski definition) is 10. The van der Waals surface area contributed by atoms with Crippen LogP contribution < -0.4 is 33.3 Å². The van der Waals surface area contributed by atoms with E-state index in [0.29, 0.717) is 5.56 Å². The molecule has 202 valence electrons. The highest BCUT2D eigenvalue weighted by Gasteiger charge is 2.32. The van der Waals surface area contributed by atoms with Gasteiger partial charge in [-0.15, -0.1) is 0 Å². The molecule has 1 aromatic rings. The number of amides is 4. The number of carbonyl (C=O) groups excluding carboxylic acids is 4. The van der Waals surface area contributed by atoms with Gasteiger partial charge in [-0.05, 0) is 39.3 Å². The van der Waals surface area contributed by atoms with Crippen LogP contribution in [-0.2, 0) is 9.59 Å². The molecule has 0 saturated heterocycles. The minimum atomic E-state index is -1.51. The van der Waals surface area contributed by atoms with E-state index in [1.54, 1.807) is 6.92 Å². The number of aromatic nitrogens is 1. The summed E-state index contributed by atoms with van der Waals surface area (Å²) in [6.45, 7) is 5.56. The van der Waals surface area contributed by atoms with E-state index in [9.17, 15) is 34.2 Å². The highest BCUT2D eigenvalue weighted by atomic mass is 16.3. The molecule has 1 heterocycles. The van der Waals surface area contributed by atoms with Crippen LogP contribution in [0.4, 0.5) is 5.69 Å². The van der Waals surface area contributed by atoms with Crippen molar-refractivity contribution in [3.05, 3.63) is 44.6 Å². The maximum Gasteiger partial charge on any atom is 0.256 e. The first-order valence-electron chi connectivity index (χ1n) is 11.4. The van der Waals surface area contributed by atoms with Crippen LogP contribution in [0.15, 0.2) is 21.3 Å². The lowest BCUT2D eigenvalue weighted by molar-refractivity contribution is -0.122. The number of rotatable bonds is 8. The van der Waals surface area contributed by atoms with Crippen LogP contribution in [0.1, 0.15) is 45.7 Å². The van der Waals surface area contributed by atoms with Gasteiger partial charge in [0, 0.05) is 5.56 Å². The normalized spacial score (nSPS) is 14.5. The molecular formula is C24H28N6O8. The van der Waals surface area contributed by atoms with E-state index in [4.69, 9.17) is 21.6 Å². The van der Waals surface area contributed by atoms with Crippen molar-refractivity contribution in [3.63, 3.8) is 0 Å². The molecule has 1 aliphatic carbocycles. The van der Waals surface area contributed by atoms with Crippen LogP contribution in [0.3, 0.4) is 0 Å². The number of aliphatic hydroxyl groups excluding tert-OH is 2. The third-order valence-electron chi connectivity index (χ3n) is 6.03. The smallest absolute Gasteiger partial charge is 0.256 e. The molecule has 14 nitrogen and oxygen atoms in total. The number of benzene rings is 2. The molecule has 10 N–H and O–H groups in total. The molecule has 0 aromatic heterocycles. The number of nitrogens with zero attached hydrogens (tertiary/aromatic N) is 1. The maximum atomic E-state index is 13.2. The Bertz CT molecular complexity index is 1500. The molecule has 4 unspecified atom stereocenters. The van der Waals surface area contributed by atoms with Gasteiger partial charge in [-0.25, -0.2) is 4.98 Å². The highest BCUT2D eigenvalue weighted by molar-refractivity contribution is 6.09. The van der Waals surface area contributed by atoms with Crippen molar-refractivity contribution in [1.82, 2.24) is 15.6 Å². The second-order valence-corrected chi connectivity index (χ2v) is 8.93. The van der Waals surface area contributed by atoms with Crippen LogP contribution in [-0.4, -0.2) is 63.1 Å². The Labute approximate surface area is 215 Å². The molecule has 4 amide bonds. The lowest BCUT2D eigenvalue weighted by Crippen LogP contribution is -2.51. The standard InChI is InChI=1S/C24H28N6O8/c1-7-5-6-11(23(36)29-14(9(3)31)21(26)34)16-19(7)38-20-8(2)18(33)13(25)12(17(20)28-16)24(37)30-15(10(4)32)22(27)35/h5-6,9-10,14-15,31-32H,25H2,1-4H3,(H2,26,34)(H2,27,35)(H,29,36)(H,30,37). The fourth-order valence-electron chi connectivity index (χ4n) is 3.90. The maximum absolute atomic E-state index is 13.2. The van der Waals surface area contributed by atoms with E-state index < -0.39 is 64.6 Å². The van der Waals surface area contributed by atoms with E-state index in [1.807, 2.05) is 0 Å². The first kappa shape index (κ1) is 28.0. The Morgan fingerprint density at radius 2 is 1.47 bits per heavy atom. The van der Waals surface area contributed by atoms with Crippen LogP contribution in [0, 0.1) is 13.8 Å². The van der Waals surface area contributed by atoms with Gasteiger partial charge in [0.15, 0.2) is 11.3 Å². The molecular weight excluding hydrogens is 500 g/mol. The van der Waals surface area contributed by atoms with E-state index >= 15 is 0 Å². The minimum absolute atomic E-state index is 0.0302. The number of primary amides is 2. The SMILES string of the molecule is Cc1c2oc3c(C)ccc(C(=O)NC(C(N)=O)C(C)O)c3nc-2c(C(=O)NC(C(N)=O)C(C)O)c(N)c1=O. The van der Waals surface area contributed by atoms with Gasteiger partial charge in [0.1, 0.15) is 23.3 Å². The summed E-state index contributed by atoms with van der Waals surface area (Å²) in [5, 5.41) is 24.2. The third kappa shape index (κ3) is 4.99. The van der Waals surface area contributed by atoms with Crippen molar-refractivity contribution in [2.24, 2.45) is 11.5 Å². The van der Waals surface area contributed by atoms with Crippen LogP contribution >= 0.6 is 0 Å². The molecule has 0 fully saturated rings. The molecule has 2 aliphatic rings. The predicted molar refractivity (Wildman–Crippen MR) is 135 cm³/mol. The summed E-state index contributed by atoms with van der Waals surface area (Å²) in [6.07, 6.45) is -2.67. The Morgan fingerprint density at radius 3 is 1.97 bits per heavy atom. The Hall–Kier alpha value is -4.56. The van der Waals surface area contributed by atoms with Gasteiger partial charge in [0.05, 0.1) is 29.0 Å². The van der Waals surface area contributed by atoms with Gasteiger partial charge in [-0.3, -0.25) is 24.0 Å². The Morgan fingerprint density at radius 1 is 0.947 bits per heavy atom. The summed E-state index contributed by atoms with van der Waals surface area (Å²) >= 11 is 0. The van der Waals surface area contributed by atoms with Crippen molar-refractivity contribution in [2.45, 2.75) is 52.0 Å². The van der Waals surface area contributed by atoms with Crippen molar-refractivity contribution < 1.29 is 33.8 Å². The number of nitrogen functional groups attached to an aromatic ring is 1. The average Bonchev–Trinajstić information content (AvgIpc) is 2.83. The quantitative estimate of drug-likeness (QED) is 0.130. The number of fused-ring (bicyclic) bond motifs is 2. The monoisotopic (exact) mass is 528 g/mol. The molecule has 1 aliphatic heterocycles. The van der Waals surface area contributed by atoms with Crippen molar-refractivity contribution >= 4 is 40.4 Å². The van der Waals surface area contributed by atoms with Crippen LogP contribution in [0.25, 0.3) is 22.6 Å². The molecule has 1 aromatic carbocycles. The van der Waals surface area contributed by atoms with E-state index in [0.717, 1.165) is 0 Å².